The molecule has 2 aromatic rings. The SMILES string of the molecule is CC(C)NCc1sc(-c2cncc(Br)c2)nc1C(C)(C)C. The third kappa shape index (κ3) is 4.34. The molecular weight excluding hydrogens is 346 g/mol. The van der Waals surface area contributed by atoms with Crippen molar-refractivity contribution in [3.63, 3.8) is 0 Å². The summed E-state index contributed by atoms with van der Waals surface area (Å²) in [5.74, 6) is 0. The largest absolute Gasteiger partial charge is 0.310 e. The van der Waals surface area contributed by atoms with Crippen LogP contribution in [-0.4, -0.2) is 16.0 Å². The molecule has 1 N–H and O–H groups in total. The van der Waals surface area contributed by atoms with Gasteiger partial charge in [0.25, 0.3) is 0 Å². The van der Waals surface area contributed by atoms with Gasteiger partial charge in [-0.2, -0.15) is 0 Å². The first kappa shape index (κ1) is 16.6. The zero-order valence-corrected chi connectivity index (χ0v) is 15.6. The third-order valence-electron chi connectivity index (χ3n) is 3.03. The van der Waals surface area contributed by atoms with Gasteiger partial charge >= 0.3 is 0 Å². The molecule has 0 spiro atoms. The van der Waals surface area contributed by atoms with E-state index >= 15 is 0 Å². The molecule has 2 rings (SSSR count). The van der Waals surface area contributed by atoms with Crippen molar-refractivity contribution in [1.82, 2.24) is 15.3 Å². The standard InChI is InChI=1S/C16H22BrN3S/c1-10(2)19-9-13-14(16(3,4)5)20-15(21-13)11-6-12(17)8-18-7-11/h6-8,10,19H,9H2,1-5H3. The van der Waals surface area contributed by atoms with Crippen molar-refractivity contribution in [3.05, 3.63) is 33.5 Å². The molecule has 2 aromatic heterocycles. The average molecular weight is 368 g/mol. The number of rotatable bonds is 4. The summed E-state index contributed by atoms with van der Waals surface area (Å²) in [6.07, 6.45) is 3.67. The molecule has 21 heavy (non-hydrogen) atoms. The van der Waals surface area contributed by atoms with Crippen LogP contribution in [0.1, 0.15) is 45.2 Å². The molecule has 114 valence electrons. The maximum absolute atomic E-state index is 4.89. The molecular formula is C16H22BrN3S. The van der Waals surface area contributed by atoms with E-state index in [4.69, 9.17) is 4.98 Å². The number of aromatic nitrogens is 2. The molecule has 0 atom stereocenters. The van der Waals surface area contributed by atoms with Crippen LogP contribution in [0.15, 0.2) is 22.9 Å². The maximum Gasteiger partial charge on any atom is 0.125 e. The van der Waals surface area contributed by atoms with Crippen LogP contribution >= 0.6 is 27.3 Å². The van der Waals surface area contributed by atoms with Crippen LogP contribution in [0.25, 0.3) is 10.6 Å². The number of nitrogens with one attached hydrogen (secondary N) is 1. The van der Waals surface area contributed by atoms with E-state index in [2.05, 4.69) is 66.9 Å². The first-order valence-electron chi connectivity index (χ1n) is 7.12. The van der Waals surface area contributed by atoms with Gasteiger partial charge in [0.2, 0.25) is 0 Å². The first-order chi connectivity index (χ1) is 9.77. The Balaban J connectivity index is 2.40. The predicted octanol–water partition coefficient (Wildman–Crippen LogP) is 4.76. The zero-order valence-electron chi connectivity index (χ0n) is 13.2. The van der Waals surface area contributed by atoms with Gasteiger partial charge in [0.1, 0.15) is 5.01 Å². The number of halogens is 1. The lowest BCUT2D eigenvalue weighted by molar-refractivity contribution is 0.546. The predicted molar refractivity (Wildman–Crippen MR) is 93.7 cm³/mol. The molecule has 0 aliphatic heterocycles. The van der Waals surface area contributed by atoms with Gasteiger partial charge in [0, 0.05) is 45.3 Å². The Morgan fingerprint density at radius 3 is 2.57 bits per heavy atom. The highest BCUT2D eigenvalue weighted by Crippen LogP contribution is 2.34. The summed E-state index contributed by atoms with van der Waals surface area (Å²) in [5.41, 5.74) is 2.29. The van der Waals surface area contributed by atoms with Gasteiger partial charge < -0.3 is 5.32 Å². The number of nitrogens with zero attached hydrogens (tertiary/aromatic N) is 2. The maximum atomic E-state index is 4.89. The van der Waals surface area contributed by atoms with E-state index in [1.165, 1.54) is 10.6 Å². The van der Waals surface area contributed by atoms with Crippen molar-refractivity contribution in [2.24, 2.45) is 0 Å². The summed E-state index contributed by atoms with van der Waals surface area (Å²) in [5, 5.41) is 4.53. The summed E-state index contributed by atoms with van der Waals surface area (Å²) in [6.45, 7) is 11.8. The quantitative estimate of drug-likeness (QED) is 0.845. The van der Waals surface area contributed by atoms with Crippen LogP contribution in [0.3, 0.4) is 0 Å². The fraction of sp³-hybridized carbons (Fsp3) is 0.500. The average Bonchev–Trinajstić information content (AvgIpc) is 2.80. The normalized spacial score (nSPS) is 12.1. The molecule has 0 aromatic carbocycles. The molecule has 0 saturated heterocycles. The Bertz CT molecular complexity index is 614. The summed E-state index contributed by atoms with van der Waals surface area (Å²) < 4.78 is 0.981. The van der Waals surface area contributed by atoms with Crippen LogP contribution in [-0.2, 0) is 12.0 Å². The Morgan fingerprint density at radius 1 is 1.29 bits per heavy atom. The Labute approximate surface area is 139 Å². The molecule has 0 aliphatic carbocycles. The van der Waals surface area contributed by atoms with E-state index in [0.29, 0.717) is 6.04 Å². The van der Waals surface area contributed by atoms with Crippen molar-refractivity contribution in [3.8, 4) is 10.6 Å². The van der Waals surface area contributed by atoms with Crippen LogP contribution in [0.2, 0.25) is 0 Å². The van der Waals surface area contributed by atoms with Crippen LogP contribution < -0.4 is 5.32 Å². The molecule has 0 amide bonds. The topological polar surface area (TPSA) is 37.8 Å². The summed E-state index contributed by atoms with van der Waals surface area (Å²) in [7, 11) is 0. The molecule has 3 nitrogen and oxygen atoms in total. The van der Waals surface area contributed by atoms with Crippen molar-refractivity contribution >= 4 is 27.3 Å². The van der Waals surface area contributed by atoms with Gasteiger partial charge in [-0.05, 0) is 22.0 Å². The number of hydrogen-bond donors (Lipinski definition) is 1. The molecule has 0 bridgehead atoms. The van der Waals surface area contributed by atoms with E-state index in [9.17, 15) is 0 Å². The highest BCUT2D eigenvalue weighted by atomic mass is 79.9. The van der Waals surface area contributed by atoms with Crippen molar-refractivity contribution < 1.29 is 0 Å². The van der Waals surface area contributed by atoms with Gasteiger partial charge in [-0.25, -0.2) is 4.98 Å². The minimum atomic E-state index is 0.0438. The van der Waals surface area contributed by atoms with Gasteiger partial charge in [0.15, 0.2) is 0 Å². The Kier molecular flexibility index (Phi) is 5.17. The molecule has 0 fully saturated rings. The first-order valence-corrected chi connectivity index (χ1v) is 8.73. The van der Waals surface area contributed by atoms with Crippen LogP contribution in [0, 0.1) is 0 Å². The summed E-state index contributed by atoms with van der Waals surface area (Å²) in [6, 6.07) is 2.54. The molecule has 0 radical (unpaired) electrons. The second kappa shape index (κ2) is 6.55. The van der Waals surface area contributed by atoms with Gasteiger partial charge in [0.05, 0.1) is 5.69 Å². The fourth-order valence-corrected chi connectivity index (χ4v) is 3.58. The Morgan fingerprint density at radius 2 is 2.00 bits per heavy atom. The Hall–Kier alpha value is -0.780. The lowest BCUT2D eigenvalue weighted by Gasteiger charge is -2.18. The lowest BCUT2D eigenvalue weighted by Crippen LogP contribution is -2.23. The van der Waals surface area contributed by atoms with Crippen molar-refractivity contribution in [1.29, 1.82) is 0 Å². The summed E-state index contributed by atoms with van der Waals surface area (Å²) >= 11 is 5.23. The van der Waals surface area contributed by atoms with Crippen LogP contribution in [0.5, 0.6) is 0 Å². The molecule has 0 unspecified atom stereocenters. The number of thiazole rings is 1. The highest BCUT2D eigenvalue weighted by molar-refractivity contribution is 9.10. The number of pyridine rings is 1. The lowest BCUT2D eigenvalue weighted by atomic mass is 9.91. The second-order valence-corrected chi connectivity index (χ2v) is 8.47. The van der Waals surface area contributed by atoms with E-state index in [1.807, 2.05) is 6.20 Å². The van der Waals surface area contributed by atoms with Gasteiger partial charge in [-0.1, -0.05) is 34.6 Å². The molecule has 5 heteroatoms. The minimum Gasteiger partial charge on any atom is -0.310 e. The van der Waals surface area contributed by atoms with Gasteiger partial charge in [-0.3, -0.25) is 4.98 Å². The van der Waals surface area contributed by atoms with Crippen molar-refractivity contribution in [2.75, 3.05) is 0 Å². The van der Waals surface area contributed by atoms with E-state index in [0.717, 1.165) is 21.6 Å². The number of hydrogen-bond acceptors (Lipinski definition) is 4. The molecule has 0 aliphatic rings. The van der Waals surface area contributed by atoms with Gasteiger partial charge in [-0.15, -0.1) is 11.3 Å². The second-order valence-electron chi connectivity index (χ2n) is 6.47. The smallest absolute Gasteiger partial charge is 0.125 e. The third-order valence-corrected chi connectivity index (χ3v) is 4.57. The monoisotopic (exact) mass is 367 g/mol. The van der Waals surface area contributed by atoms with E-state index in [-0.39, 0.29) is 5.41 Å². The minimum absolute atomic E-state index is 0.0438. The fourth-order valence-electron chi connectivity index (χ4n) is 2.01. The van der Waals surface area contributed by atoms with Crippen LogP contribution in [0.4, 0.5) is 0 Å². The molecule has 0 saturated carbocycles. The van der Waals surface area contributed by atoms with E-state index < -0.39 is 0 Å². The summed E-state index contributed by atoms with van der Waals surface area (Å²) in [4.78, 5) is 10.4. The zero-order chi connectivity index (χ0) is 15.6. The molecule has 2 heterocycles. The highest BCUT2D eigenvalue weighted by Gasteiger charge is 2.23. The van der Waals surface area contributed by atoms with E-state index in [1.54, 1.807) is 17.5 Å². The van der Waals surface area contributed by atoms with Crippen molar-refractivity contribution in [2.45, 2.75) is 52.6 Å².